The lowest BCUT2D eigenvalue weighted by molar-refractivity contribution is -0.118. The molecule has 0 aliphatic rings. The summed E-state index contributed by atoms with van der Waals surface area (Å²) >= 11 is 0. The van der Waals surface area contributed by atoms with Gasteiger partial charge in [0.15, 0.2) is 6.61 Å². The minimum absolute atomic E-state index is 0.182. The average Bonchev–Trinajstić information content (AvgIpc) is 2.71. The third kappa shape index (κ3) is 4.93. The fraction of sp³-hybridized carbons (Fsp3) is 0.227. The van der Waals surface area contributed by atoms with Crippen LogP contribution in [0.5, 0.6) is 5.75 Å². The number of hydrogen-bond acceptors (Lipinski definition) is 4. The number of ether oxygens (including phenoxy) is 1. The van der Waals surface area contributed by atoms with Crippen LogP contribution in [-0.4, -0.2) is 25.5 Å². The summed E-state index contributed by atoms with van der Waals surface area (Å²) in [6.07, 6.45) is 1.01. The third-order valence-electron chi connectivity index (χ3n) is 4.84. The van der Waals surface area contributed by atoms with Crippen molar-refractivity contribution >= 4 is 32.5 Å². The largest absolute Gasteiger partial charge is 0.484 e. The molecule has 0 aliphatic heterocycles. The molecule has 0 heterocycles. The summed E-state index contributed by atoms with van der Waals surface area (Å²) in [6, 6.07) is 17.0. The normalized spacial score (nSPS) is 12.5. The topological polar surface area (TPSA) is 92.7 Å². The molecule has 0 bridgehead atoms. The molecule has 1 amide bonds. The minimum Gasteiger partial charge on any atom is -0.484 e. The van der Waals surface area contributed by atoms with Crippen molar-refractivity contribution in [1.82, 2.24) is 0 Å². The number of benzene rings is 3. The highest BCUT2D eigenvalue weighted by Gasteiger charge is 2.15. The third-order valence-corrected chi connectivity index (χ3v) is 5.76. The maximum absolute atomic E-state index is 12.4. The van der Waals surface area contributed by atoms with Gasteiger partial charge in [-0.2, -0.15) is 8.42 Å². The first-order valence-corrected chi connectivity index (χ1v) is 10.8. The number of anilines is 1. The Morgan fingerprint density at radius 3 is 2.48 bits per heavy atom. The van der Waals surface area contributed by atoms with E-state index >= 15 is 0 Å². The van der Waals surface area contributed by atoms with Gasteiger partial charge >= 0.3 is 0 Å². The molecule has 0 saturated heterocycles. The quantitative estimate of drug-likeness (QED) is 0.552. The van der Waals surface area contributed by atoms with Gasteiger partial charge in [-0.1, -0.05) is 50.2 Å². The molecule has 0 spiro atoms. The van der Waals surface area contributed by atoms with Crippen LogP contribution in [0.3, 0.4) is 0 Å². The molecule has 152 valence electrons. The lowest BCUT2D eigenvalue weighted by atomic mass is 9.99. The standard InChI is InChI=1S/C22H23NO5S/c1-3-15(2)16-7-4-8-17(13-16)28-14-22(24)23-20-11-5-10-19-18(20)9-6-12-21(19)29(25,26)27/h4-13,15H,3,14H2,1-2H3,(H,23,24)(H,25,26,27). The second-order valence-electron chi connectivity index (χ2n) is 6.85. The summed E-state index contributed by atoms with van der Waals surface area (Å²) in [5.41, 5.74) is 1.59. The molecule has 7 heteroatoms. The van der Waals surface area contributed by atoms with Gasteiger partial charge in [-0.25, -0.2) is 0 Å². The van der Waals surface area contributed by atoms with Crippen LogP contribution in [0, 0.1) is 0 Å². The highest BCUT2D eigenvalue weighted by molar-refractivity contribution is 7.86. The fourth-order valence-electron chi connectivity index (χ4n) is 3.10. The highest BCUT2D eigenvalue weighted by Crippen LogP contribution is 2.29. The van der Waals surface area contributed by atoms with E-state index < -0.39 is 10.1 Å². The number of carbonyl (C=O) groups is 1. The molecule has 29 heavy (non-hydrogen) atoms. The van der Waals surface area contributed by atoms with E-state index in [-0.39, 0.29) is 17.4 Å². The van der Waals surface area contributed by atoms with E-state index in [1.807, 2.05) is 18.2 Å². The molecule has 0 saturated carbocycles. The Morgan fingerprint density at radius 1 is 1.07 bits per heavy atom. The van der Waals surface area contributed by atoms with Crippen LogP contribution in [0.25, 0.3) is 10.8 Å². The number of rotatable bonds is 7. The van der Waals surface area contributed by atoms with Gasteiger partial charge < -0.3 is 10.1 Å². The number of nitrogens with one attached hydrogen (secondary N) is 1. The van der Waals surface area contributed by atoms with E-state index in [2.05, 4.69) is 19.2 Å². The van der Waals surface area contributed by atoms with Gasteiger partial charge in [-0.3, -0.25) is 9.35 Å². The molecule has 2 N–H and O–H groups in total. The van der Waals surface area contributed by atoms with Crippen LogP contribution in [0.2, 0.25) is 0 Å². The summed E-state index contributed by atoms with van der Waals surface area (Å²) in [5, 5.41) is 3.58. The summed E-state index contributed by atoms with van der Waals surface area (Å²) in [7, 11) is -4.37. The van der Waals surface area contributed by atoms with E-state index in [0.29, 0.717) is 28.1 Å². The summed E-state index contributed by atoms with van der Waals surface area (Å²) < 4.78 is 38.2. The first-order valence-electron chi connectivity index (χ1n) is 9.31. The zero-order chi connectivity index (χ0) is 21.0. The maximum Gasteiger partial charge on any atom is 0.295 e. The SMILES string of the molecule is CCC(C)c1cccc(OCC(=O)Nc2cccc3c(S(=O)(=O)O)cccc23)c1. The van der Waals surface area contributed by atoms with E-state index in [0.717, 1.165) is 12.0 Å². The molecule has 3 rings (SSSR count). The van der Waals surface area contributed by atoms with E-state index in [9.17, 15) is 17.8 Å². The fourth-order valence-corrected chi connectivity index (χ4v) is 3.80. The molecule has 0 aromatic heterocycles. The van der Waals surface area contributed by atoms with Gasteiger partial charge in [-0.15, -0.1) is 0 Å². The van der Waals surface area contributed by atoms with E-state index in [4.69, 9.17) is 4.74 Å². The monoisotopic (exact) mass is 413 g/mol. The Morgan fingerprint density at radius 2 is 1.76 bits per heavy atom. The Labute approximate surface area is 170 Å². The van der Waals surface area contributed by atoms with Crippen LogP contribution in [-0.2, 0) is 14.9 Å². The van der Waals surface area contributed by atoms with Crippen molar-refractivity contribution in [3.05, 3.63) is 66.2 Å². The van der Waals surface area contributed by atoms with Crippen LogP contribution >= 0.6 is 0 Å². The maximum atomic E-state index is 12.4. The van der Waals surface area contributed by atoms with Crippen molar-refractivity contribution in [2.45, 2.75) is 31.1 Å². The van der Waals surface area contributed by atoms with Crippen molar-refractivity contribution in [3.63, 3.8) is 0 Å². The van der Waals surface area contributed by atoms with Gasteiger partial charge in [0.2, 0.25) is 0 Å². The van der Waals surface area contributed by atoms with Crippen molar-refractivity contribution in [3.8, 4) is 5.75 Å². The lowest BCUT2D eigenvalue weighted by Gasteiger charge is -2.13. The first kappa shape index (κ1) is 20.8. The molecule has 6 nitrogen and oxygen atoms in total. The van der Waals surface area contributed by atoms with Crippen LogP contribution in [0.1, 0.15) is 31.7 Å². The number of carbonyl (C=O) groups excluding carboxylic acids is 1. The van der Waals surface area contributed by atoms with E-state index in [1.165, 1.54) is 12.1 Å². The van der Waals surface area contributed by atoms with E-state index in [1.54, 1.807) is 30.3 Å². The Hall–Kier alpha value is -2.90. The zero-order valence-electron chi connectivity index (χ0n) is 16.3. The van der Waals surface area contributed by atoms with Gasteiger partial charge in [0.25, 0.3) is 16.0 Å². The molecular weight excluding hydrogens is 390 g/mol. The molecule has 1 unspecified atom stereocenters. The number of hydrogen-bond donors (Lipinski definition) is 2. The van der Waals surface area contributed by atoms with Gasteiger partial charge in [0, 0.05) is 16.5 Å². The molecule has 0 radical (unpaired) electrons. The van der Waals surface area contributed by atoms with Gasteiger partial charge in [0.05, 0.1) is 0 Å². The van der Waals surface area contributed by atoms with Crippen molar-refractivity contribution in [2.75, 3.05) is 11.9 Å². The van der Waals surface area contributed by atoms with Gasteiger partial charge in [-0.05, 0) is 42.2 Å². The van der Waals surface area contributed by atoms with Gasteiger partial charge in [0.1, 0.15) is 10.6 Å². The summed E-state index contributed by atoms with van der Waals surface area (Å²) in [6.45, 7) is 4.06. The molecule has 0 aliphatic carbocycles. The Kier molecular flexibility index (Phi) is 6.20. The Balaban J connectivity index is 1.76. The smallest absolute Gasteiger partial charge is 0.295 e. The summed E-state index contributed by atoms with van der Waals surface area (Å²) in [4.78, 5) is 12.2. The number of fused-ring (bicyclic) bond motifs is 1. The first-order chi connectivity index (χ1) is 13.8. The summed E-state index contributed by atoms with van der Waals surface area (Å²) in [5.74, 6) is 0.647. The predicted octanol–water partition coefficient (Wildman–Crippen LogP) is 4.62. The minimum atomic E-state index is -4.37. The van der Waals surface area contributed by atoms with Crippen molar-refractivity contribution in [2.24, 2.45) is 0 Å². The van der Waals surface area contributed by atoms with Crippen molar-refractivity contribution < 1.29 is 22.5 Å². The molecular formula is C22H23NO5S. The molecule has 3 aromatic carbocycles. The lowest BCUT2D eigenvalue weighted by Crippen LogP contribution is -2.20. The van der Waals surface area contributed by atoms with Crippen LogP contribution < -0.4 is 10.1 Å². The number of amides is 1. The second kappa shape index (κ2) is 8.63. The molecule has 3 aromatic rings. The average molecular weight is 413 g/mol. The van der Waals surface area contributed by atoms with Crippen molar-refractivity contribution in [1.29, 1.82) is 0 Å². The molecule has 0 fully saturated rings. The van der Waals surface area contributed by atoms with Crippen LogP contribution in [0.4, 0.5) is 5.69 Å². The Bertz CT molecular complexity index is 1140. The second-order valence-corrected chi connectivity index (χ2v) is 8.24. The van der Waals surface area contributed by atoms with Crippen LogP contribution in [0.15, 0.2) is 65.6 Å². The highest BCUT2D eigenvalue weighted by atomic mass is 32.2. The molecule has 1 atom stereocenters. The predicted molar refractivity (Wildman–Crippen MR) is 113 cm³/mol. The zero-order valence-corrected chi connectivity index (χ0v) is 17.1.